The average Bonchev–Trinajstić information content (AvgIpc) is 3.57. The lowest BCUT2D eigenvalue weighted by Gasteiger charge is -2.55. The Morgan fingerprint density at radius 1 is 1.20 bits per heavy atom. The Morgan fingerprint density at radius 2 is 2.02 bits per heavy atom. The topological polar surface area (TPSA) is 92.5 Å². The van der Waals surface area contributed by atoms with Crippen molar-refractivity contribution in [2.45, 2.75) is 91.8 Å². The zero-order valence-corrected chi connectivity index (χ0v) is 25.0. The Labute approximate surface area is 242 Å². The standard InChI is InChI=1S/C33H43N3O5/c1-19-8-11-33(40-17-19)21(3)30-28(41-33)13-26-24-7-6-22-12-27(38)29(14-32(22,5)25(24)9-10-31(26,30)4)39-18-23-16-36(35-34-23)15-20(2)37/h6-7,12,14,16,19,21,24-26,28,30H,8-11,13,15,17-18H2,1-5H3/t19-,21+,24-,25+,26+,28+,30+,31+,32+,33-/m1/s1. The second-order valence-corrected chi connectivity index (χ2v) is 14.3. The highest BCUT2D eigenvalue weighted by Gasteiger charge is 2.68. The molecule has 0 amide bonds. The summed E-state index contributed by atoms with van der Waals surface area (Å²) in [4.78, 5) is 24.5. The number of aromatic nitrogens is 3. The fourth-order valence-electron chi connectivity index (χ4n) is 9.72. The summed E-state index contributed by atoms with van der Waals surface area (Å²) in [6.07, 6.45) is 15.9. The van der Waals surface area contributed by atoms with Crippen molar-refractivity contribution in [2.24, 2.45) is 46.3 Å². The summed E-state index contributed by atoms with van der Waals surface area (Å²) in [6, 6.07) is 0. The van der Waals surface area contributed by atoms with E-state index >= 15 is 0 Å². The lowest BCUT2D eigenvalue weighted by atomic mass is 9.49. The second kappa shape index (κ2) is 9.46. The number of carbonyl (C=O) groups excluding carboxylic acids is 2. The van der Waals surface area contributed by atoms with Crippen LogP contribution in [0, 0.1) is 46.3 Å². The van der Waals surface area contributed by atoms with E-state index in [0.717, 1.165) is 37.9 Å². The van der Waals surface area contributed by atoms with Crippen molar-refractivity contribution in [1.29, 1.82) is 0 Å². The van der Waals surface area contributed by atoms with Gasteiger partial charge < -0.3 is 14.2 Å². The summed E-state index contributed by atoms with van der Waals surface area (Å²) < 4.78 is 20.9. The van der Waals surface area contributed by atoms with Gasteiger partial charge in [0.15, 0.2) is 17.3 Å². The molecule has 2 saturated carbocycles. The largest absolute Gasteiger partial charge is 0.483 e. The van der Waals surface area contributed by atoms with Crippen LogP contribution in [-0.2, 0) is 37.0 Å². The Bertz CT molecular complexity index is 1350. The number of Topliss-reactive ketones (excluding diaryl/α,β-unsaturated/α-hetero) is 1. The van der Waals surface area contributed by atoms with Gasteiger partial charge in [0, 0.05) is 17.8 Å². The molecule has 1 aromatic rings. The SMILES string of the molecule is CC(=O)Cn1cc(COC2=C[C@@]3(C)C(=CC2=O)C=C[C@H]2[C@@H]4C[C@@H]5O[C@]6(CC[C@@H](C)CO6)[C@@H](C)[C@@H]5[C@@]4(C)CC[C@@H]23)nn1. The van der Waals surface area contributed by atoms with Crippen LogP contribution >= 0.6 is 0 Å². The van der Waals surface area contributed by atoms with Gasteiger partial charge in [0.2, 0.25) is 5.78 Å². The van der Waals surface area contributed by atoms with Crippen LogP contribution in [0.25, 0.3) is 0 Å². The first kappa shape index (κ1) is 27.3. The Balaban J connectivity index is 1.11. The molecular formula is C33H43N3O5. The zero-order chi connectivity index (χ0) is 28.7. The summed E-state index contributed by atoms with van der Waals surface area (Å²) in [6.45, 7) is 12.1. The molecule has 8 heteroatoms. The molecule has 0 aromatic carbocycles. The number of fused-ring (bicyclic) bond motifs is 7. The molecule has 6 aliphatic rings. The number of carbonyl (C=O) groups is 2. The third-order valence-electron chi connectivity index (χ3n) is 11.8. The lowest BCUT2D eigenvalue weighted by Crippen LogP contribution is -2.51. The van der Waals surface area contributed by atoms with Gasteiger partial charge in [-0.15, -0.1) is 5.10 Å². The normalized spacial score (nSPS) is 44.5. The first-order valence-corrected chi connectivity index (χ1v) is 15.5. The van der Waals surface area contributed by atoms with Crippen molar-refractivity contribution in [2.75, 3.05) is 6.61 Å². The molecule has 1 aromatic heterocycles. The number of ketones is 2. The predicted molar refractivity (Wildman–Crippen MR) is 151 cm³/mol. The predicted octanol–water partition coefficient (Wildman–Crippen LogP) is 5.20. The van der Waals surface area contributed by atoms with Gasteiger partial charge in [-0.3, -0.25) is 9.59 Å². The molecule has 220 valence electrons. The van der Waals surface area contributed by atoms with Crippen LogP contribution in [0.3, 0.4) is 0 Å². The number of hydrogen-bond acceptors (Lipinski definition) is 7. The molecule has 10 atom stereocenters. The fourth-order valence-corrected chi connectivity index (χ4v) is 9.72. The highest BCUT2D eigenvalue weighted by Crippen LogP contribution is 2.69. The van der Waals surface area contributed by atoms with Crippen LogP contribution < -0.4 is 0 Å². The van der Waals surface area contributed by atoms with E-state index in [1.54, 1.807) is 12.3 Å². The molecule has 1 spiro atoms. The maximum Gasteiger partial charge on any atom is 0.220 e. The molecule has 0 bridgehead atoms. The van der Waals surface area contributed by atoms with Gasteiger partial charge in [-0.05, 0) is 85.3 Å². The third-order valence-corrected chi connectivity index (χ3v) is 11.8. The molecule has 4 aliphatic carbocycles. The van der Waals surface area contributed by atoms with E-state index in [1.165, 1.54) is 18.0 Å². The number of allylic oxidation sites excluding steroid dienone is 5. The van der Waals surface area contributed by atoms with Gasteiger partial charge in [-0.2, -0.15) is 0 Å². The summed E-state index contributed by atoms with van der Waals surface area (Å²) in [5.74, 6) is 2.76. The minimum absolute atomic E-state index is 0.00462. The molecule has 41 heavy (non-hydrogen) atoms. The van der Waals surface area contributed by atoms with E-state index in [-0.39, 0.29) is 41.7 Å². The summed E-state index contributed by atoms with van der Waals surface area (Å²) in [5, 5.41) is 8.10. The van der Waals surface area contributed by atoms with Crippen molar-refractivity contribution >= 4 is 11.6 Å². The number of rotatable bonds is 5. The number of ether oxygens (including phenoxy) is 3. The van der Waals surface area contributed by atoms with E-state index in [1.807, 2.05) is 0 Å². The average molecular weight is 562 g/mol. The van der Waals surface area contributed by atoms with Crippen molar-refractivity contribution in [1.82, 2.24) is 15.0 Å². The highest BCUT2D eigenvalue weighted by molar-refractivity contribution is 6.04. The van der Waals surface area contributed by atoms with Gasteiger partial charge in [-0.25, -0.2) is 4.68 Å². The first-order chi connectivity index (χ1) is 19.5. The maximum atomic E-state index is 13.1. The summed E-state index contributed by atoms with van der Waals surface area (Å²) >= 11 is 0. The minimum atomic E-state index is -0.396. The smallest absolute Gasteiger partial charge is 0.220 e. The van der Waals surface area contributed by atoms with E-state index in [4.69, 9.17) is 14.2 Å². The Hall–Kier alpha value is -2.58. The molecular weight excluding hydrogens is 518 g/mol. The number of nitrogens with zero attached hydrogens (tertiary/aromatic N) is 3. The van der Waals surface area contributed by atoms with Gasteiger partial charge in [0.1, 0.15) is 18.8 Å². The second-order valence-electron chi connectivity index (χ2n) is 14.3. The third kappa shape index (κ3) is 4.15. The Morgan fingerprint density at radius 3 is 2.78 bits per heavy atom. The van der Waals surface area contributed by atoms with Crippen molar-refractivity contribution < 1.29 is 23.8 Å². The van der Waals surface area contributed by atoms with Crippen LogP contribution in [0.4, 0.5) is 0 Å². The van der Waals surface area contributed by atoms with E-state index in [0.29, 0.717) is 47.0 Å². The van der Waals surface area contributed by atoms with Gasteiger partial charge >= 0.3 is 0 Å². The minimum Gasteiger partial charge on any atom is -0.483 e. The van der Waals surface area contributed by atoms with Gasteiger partial charge in [0.05, 0.1) is 18.9 Å². The Kier molecular flexibility index (Phi) is 6.29. The molecule has 0 unspecified atom stereocenters. The van der Waals surface area contributed by atoms with Crippen molar-refractivity contribution in [3.8, 4) is 0 Å². The summed E-state index contributed by atoms with van der Waals surface area (Å²) in [5.41, 5.74) is 1.61. The van der Waals surface area contributed by atoms with E-state index in [2.05, 4.69) is 56.2 Å². The monoisotopic (exact) mass is 561 g/mol. The van der Waals surface area contributed by atoms with Crippen LogP contribution in [-0.4, -0.2) is 45.1 Å². The lowest BCUT2D eigenvalue weighted by molar-refractivity contribution is -0.272. The van der Waals surface area contributed by atoms with Crippen LogP contribution in [0.15, 0.2) is 41.8 Å². The van der Waals surface area contributed by atoms with Gasteiger partial charge in [0.25, 0.3) is 0 Å². The molecule has 7 rings (SSSR count). The molecule has 2 saturated heterocycles. The molecule has 3 heterocycles. The van der Waals surface area contributed by atoms with Crippen LogP contribution in [0.1, 0.15) is 72.4 Å². The molecule has 0 N–H and O–H groups in total. The van der Waals surface area contributed by atoms with Crippen LogP contribution in [0.5, 0.6) is 0 Å². The molecule has 8 nitrogen and oxygen atoms in total. The zero-order valence-electron chi connectivity index (χ0n) is 25.0. The first-order valence-electron chi connectivity index (χ1n) is 15.5. The summed E-state index contributed by atoms with van der Waals surface area (Å²) in [7, 11) is 0. The van der Waals surface area contributed by atoms with Gasteiger partial charge in [-0.1, -0.05) is 45.1 Å². The fraction of sp³-hybridized carbons (Fsp3) is 0.697. The van der Waals surface area contributed by atoms with Crippen LogP contribution in [0.2, 0.25) is 0 Å². The maximum absolute atomic E-state index is 13.1. The molecule has 2 aliphatic heterocycles. The van der Waals surface area contributed by atoms with Crippen molar-refractivity contribution in [3.63, 3.8) is 0 Å². The van der Waals surface area contributed by atoms with Crippen molar-refractivity contribution in [3.05, 3.63) is 47.5 Å². The van der Waals surface area contributed by atoms with E-state index in [9.17, 15) is 9.59 Å². The van der Waals surface area contributed by atoms with E-state index < -0.39 is 5.79 Å². The molecule has 4 fully saturated rings. The quantitative estimate of drug-likeness (QED) is 0.488. The molecule has 0 radical (unpaired) electrons. The highest BCUT2D eigenvalue weighted by atomic mass is 16.7. The number of hydrogen-bond donors (Lipinski definition) is 0.